The molecule has 0 nitrogen and oxygen atoms in total. The molecule has 0 heteroatoms. The van der Waals surface area contributed by atoms with E-state index in [1.165, 1.54) is 38.5 Å². The lowest BCUT2D eigenvalue weighted by Crippen LogP contribution is -0.856. The second kappa shape index (κ2) is 171. The Bertz CT molecular complexity index is 15.5. The van der Waals surface area contributed by atoms with E-state index in [1.807, 2.05) is 96.9 Å². The van der Waals surface area contributed by atoms with Crippen LogP contribution in [0.4, 0.5) is 0 Å². The van der Waals surface area contributed by atoms with Crippen LogP contribution in [0, 0.1) is 0 Å². The molecular weight excluding hydrogens is 240 g/mol. The summed E-state index contributed by atoms with van der Waals surface area (Å²) >= 11 is 0. The van der Waals surface area contributed by atoms with Crippen LogP contribution < -0.4 is 0 Å². The molecule has 2 rings (SSSR count). The maximum absolute atomic E-state index is 2.00. The summed E-state index contributed by atoms with van der Waals surface area (Å²) in [7, 11) is 0. The quantitative estimate of drug-likeness (QED) is 0.417. The number of rotatable bonds is 0. The van der Waals surface area contributed by atoms with Crippen molar-refractivity contribution in [2.45, 2.75) is 135 Å². The molecule has 2 fully saturated rings. The van der Waals surface area contributed by atoms with Gasteiger partial charge in [0.05, 0.1) is 0 Å². The normalized spacial score (nSPS) is 9.30. The minimum Gasteiger partial charge on any atom is -0.0683 e. The van der Waals surface area contributed by atoms with Crippen molar-refractivity contribution in [2.75, 3.05) is 0 Å². The Labute approximate surface area is 136 Å². The van der Waals surface area contributed by atoms with E-state index < -0.39 is 0 Å². The molecule has 0 amide bonds. The minimum absolute atomic E-state index is 1.50. The molecule has 0 aliphatic heterocycles. The third-order valence-electron chi connectivity index (χ3n) is 0.707. The molecule has 0 radical (unpaired) electrons. The maximum Gasteiger partial charge on any atom is -0.0533 e. The summed E-state index contributed by atoms with van der Waals surface area (Å²) < 4.78 is 0. The van der Waals surface area contributed by atoms with Gasteiger partial charge < -0.3 is 0 Å². The third kappa shape index (κ3) is 1300. The van der Waals surface area contributed by atoms with Crippen LogP contribution in [-0.4, -0.2) is 0 Å². The lowest BCUT2D eigenvalue weighted by atomic mass is 11.0. The van der Waals surface area contributed by atoms with Gasteiger partial charge in [0, 0.05) is 0 Å². The fraction of sp³-hybridized carbons (Fsp3) is 1.00. The molecule has 2 aliphatic rings. The Morgan fingerprint density at radius 1 is 0.200 bits per heavy atom. The molecule has 0 aromatic rings. The summed E-state index contributed by atoms with van der Waals surface area (Å²) in [4.78, 5) is 0. The average Bonchev–Trinajstić information content (AvgIpc) is 3.51. The average molecular weight is 295 g/mol. The summed E-state index contributed by atoms with van der Waals surface area (Å²) in [5, 5.41) is 0. The Balaban J connectivity index is -0.0000000193. The zero-order valence-corrected chi connectivity index (χ0v) is 18.2. The van der Waals surface area contributed by atoms with Crippen molar-refractivity contribution in [1.29, 1.82) is 0 Å². The topological polar surface area (TPSA) is 0 Å². The lowest BCUT2D eigenvalue weighted by molar-refractivity contribution is 1.50. The highest BCUT2D eigenvalue weighted by atomic mass is 14.0. The molecule has 134 valence electrons. The van der Waals surface area contributed by atoms with E-state index in [2.05, 4.69) is 0 Å². The van der Waals surface area contributed by atoms with Gasteiger partial charge in [-0.15, -0.1) is 0 Å². The lowest BCUT2D eigenvalue weighted by Gasteiger charge is -1.07. The molecule has 20 heavy (non-hydrogen) atoms. The standard InChI is InChI=1S/2C3H6.7C2H6/c2*1-2-3-1;7*1-2/h2*1-3H2;7*1-2H3. The molecule has 2 saturated carbocycles. The summed E-state index contributed by atoms with van der Waals surface area (Å²) in [5.41, 5.74) is 0. The predicted octanol–water partition coefficient (Wildman–Crippen LogP) is 9.52. The van der Waals surface area contributed by atoms with E-state index in [4.69, 9.17) is 0 Å². The molecule has 0 unspecified atom stereocenters. The van der Waals surface area contributed by atoms with Crippen molar-refractivity contribution in [3.8, 4) is 0 Å². The minimum atomic E-state index is 1.50. The SMILES string of the molecule is C1CC1.C1CC1.CC.CC.CC.CC.CC.CC.CC. The van der Waals surface area contributed by atoms with Crippen LogP contribution in [0.1, 0.15) is 135 Å². The molecular formula is C20H54. The third-order valence-corrected chi connectivity index (χ3v) is 0.707. The molecule has 0 saturated heterocycles. The molecule has 0 aromatic carbocycles. The van der Waals surface area contributed by atoms with Crippen molar-refractivity contribution >= 4 is 0 Å². The van der Waals surface area contributed by atoms with Gasteiger partial charge >= 0.3 is 0 Å². The zero-order valence-electron chi connectivity index (χ0n) is 18.2. The van der Waals surface area contributed by atoms with Crippen molar-refractivity contribution in [2.24, 2.45) is 0 Å². The van der Waals surface area contributed by atoms with Crippen LogP contribution in [0.5, 0.6) is 0 Å². The Morgan fingerprint density at radius 3 is 0.250 bits per heavy atom. The van der Waals surface area contributed by atoms with Gasteiger partial charge in [0.2, 0.25) is 0 Å². The van der Waals surface area contributed by atoms with E-state index in [9.17, 15) is 0 Å². The first kappa shape index (κ1) is 42.7. The van der Waals surface area contributed by atoms with Crippen molar-refractivity contribution < 1.29 is 0 Å². The highest BCUT2D eigenvalue weighted by Crippen LogP contribution is 2.15. The van der Waals surface area contributed by atoms with Gasteiger partial charge in [-0.1, -0.05) is 135 Å². The van der Waals surface area contributed by atoms with Crippen LogP contribution in [0.15, 0.2) is 0 Å². The summed E-state index contributed by atoms with van der Waals surface area (Å²) in [6, 6.07) is 0. The van der Waals surface area contributed by atoms with E-state index in [0.29, 0.717) is 0 Å². The van der Waals surface area contributed by atoms with Crippen LogP contribution >= 0.6 is 0 Å². The predicted molar refractivity (Wildman–Crippen MR) is 107 cm³/mol. The van der Waals surface area contributed by atoms with E-state index in [1.54, 1.807) is 0 Å². The van der Waals surface area contributed by atoms with Gasteiger partial charge in [0.1, 0.15) is 0 Å². The molecule has 2 aliphatic carbocycles. The highest BCUT2D eigenvalue weighted by Gasteiger charge is 1.95. The summed E-state index contributed by atoms with van der Waals surface area (Å²) in [6.07, 6.45) is 9.00. The van der Waals surface area contributed by atoms with Crippen molar-refractivity contribution in [3.63, 3.8) is 0 Å². The van der Waals surface area contributed by atoms with Gasteiger partial charge in [0.15, 0.2) is 0 Å². The first-order valence-electron chi connectivity index (χ1n) is 10.0. The second-order valence-electron chi connectivity index (χ2n) is 2.12. The molecule has 0 heterocycles. The first-order valence-corrected chi connectivity index (χ1v) is 10.0. The molecule has 0 N–H and O–H groups in total. The number of hydrogen-bond acceptors (Lipinski definition) is 0. The van der Waals surface area contributed by atoms with Gasteiger partial charge in [-0.05, 0) is 0 Å². The monoisotopic (exact) mass is 294 g/mol. The summed E-state index contributed by atoms with van der Waals surface area (Å²) in [5.74, 6) is 0. The smallest absolute Gasteiger partial charge is 0.0533 e. The maximum atomic E-state index is 2.00. The largest absolute Gasteiger partial charge is 0.0683 e. The Kier molecular flexibility index (Phi) is 365. The van der Waals surface area contributed by atoms with E-state index >= 15 is 0 Å². The Hall–Kier alpha value is 0. The van der Waals surface area contributed by atoms with Crippen molar-refractivity contribution in [3.05, 3.63) is 0 Å². The fourth-order valence-electron chi connectivity index (χ4n) is 0. The molecule has 0 spiro atoms. The number of hydrogen-bond donors (Lipinski definition) is 0. The van der Waals surface area contributed by atoms with Crippen LogP contribution in [-0.2, 0) is 0 Å². The molecule has 0 aromatic heterocycles. The van der Waals surface area contributed by atoms with Gasteiger partial charge in [-0.2, -0.15) is 0 Å². The van der Waals surface area contributed by atoms with Gasteiger partial charge in [-0.3, -0.25) is 0 Å². The highest BCUT2D eigenvalue weighted by molar-refractivity contribution is 4.51. The summed E-state index contributed by atoms with van der Waals surface area (Å²) in [6.45, 7) is 28.0. The van der Waals surface area contributed by atoms with Gasteiger partial charge in [-0.25, -0.2) is 0 Å². The fourth-order valence-corrected chi connectivity index (χ4v) is 0. The second-order valence-corrected chi connectivity index (χ2v) is 2.12. The molecule has 0 bridgehead atoms. The zero-order chi connectivity index (χ0) is 18.2. The van der Waals surface area contributed by atoms with E-state index in [-0.39, 0.29) is 0 Å². The van der Waals surface area contributed by atoms with Crippen LogP contribution in [0.3, 0.4) is 0 Å². The van der Waals surface area contributed by atoms with Crippen LogP contribution in [0.2, 0.25) is 0 Å². The van der Waals surface area contributed by atoms with E-state index in [0.717, 1.165) is 0 Å². The Morgan fingerprint density at radius 2 is 0.250 bits per heavy atom. The van der Waals surface area contributed by atoms with Gasteiger partial charge in [0.25, 0.3) is 0 Å². The van der Waals surface area contributed by atoms with Crippen molar-refractivity contribution in [1.82, 2.24) is 0 Å². The molecule has 0 atom stereocenters. The first-order chi connectivity index (χ1) is 10.0. The van der Waals surface area contributed by atoms with Crippen LogP contribution in [0.25, 0.3) is 0 Å².